The minimum Gasteiger partial charge on any atom is -0.337 e. The quantitative estimate of drug-likeness (QED) is 0.913. The van der Waals surface area contributed by atoms with E-state index in [-0.39, 0.29) is 0 Å². The number of nitrogens with one attached hydrogen (secondary N) is 1. The second-order valence-corrected chi connectivity index (χ2v) is 7.53. The van der Waals surface area contributed by atoms with E-state index in [1.54, 1.807) is 0 Å². The lowest BCUT2D eigenvalue weighted by Gasteiger charge is -2.55. The minimum absolute atomic E-state index is 0.580. The molecule has 0 bridgehead atoms. The first-order valence-electron chi connectivity index (χ1n) is 8.68. The van der Waals surface area contributed by atoms with Gasteiger partial charge in [-0.3, -0.25) is 0 Å². The van der Waals surface area contributed by atoms with Crippen LogP contribution in [0.5, 0.6) is 0 Å². The zero-order chi connectivity index (χ0) is 15.8. The molecule has 2 aromatic rings. The van der Waals surface area contributed by atoms with E-state index in [2.05, 4.69) is 34.0 Å². The van der Waals surface area contributed by atoms with Crippen LogP contribution in [0.4, 0.5) is 0 Å². The lowest BCUT2D eigenvalue weighted by molar-refractivity contribution is 0.0251. The van der Waals surface area contributed by atoms with E-state index < -0.39 is 0 Å². The normalized spacial score (nSPS) is 29.8. The number of benzene rings is 1. The maximum Gasteiger partial charge on any atom is 0.0945 e. The summed E-state index contributed by atoms with van der Waals surface area (Å²) in [6, 6.07) is 9.08. The second-order valence-electron chi connectivity index (χ2n) is 7.09. The summed E-state index contributed by atoms with van der Waals surface area (Å²) in [5, 5.41) is 4.66. The van der Waals surface area contributed by atoms with Crippen LogP contribution in [0.15, 0.2) is 36.8 Å². The van der Waals surface area contributed by atoms with Crippen molar-refractivity contribution in [2.45, 2.75) is 44.2 Å². The van der Waals surface area contributed by atoms with E-state index >= 15 is 0 Å². The first kappa shape index (κ1) is 15.2. The number of imidazole rings is 1. The maximum atomic E-state index is 6.07. The highest BCUT2D eigenvalue weighted by atomic mass is 35.5. The highest BCUT2D eigenvalue weighted by Gasteiger charge is 2.50. The molecule has 122 valence electrons. The van der Waals surface area contributed by atoms with Gasteiger partial charge >= 0.3 is 0 Å². The van der Waals surface area contributed by atoms with E-state index in [4.69, 9.17) is 11.6 Å². The summed E-state index contributed by atoms with van der Waals surface area (Å²) in [5.41, 5.74) is 2.69. The summed E-state index contributed by atoms with van der Waals surface area (Å²) in [4.78, 5) is 4.22. The van der Waals surface area contributed by atoms with Crippen molar-refractivity contribution in [3.05, 3.63) is 53.1 Å². The third-order valence-corrected chi connectivity index (χ3v) is 6.13. The largest absolute Gasteiger partial charge is 0.337 e. The summed E-state index contributed by atoms with van der Waals surface area (Å²) in [5.74, 6) is 2.30. The Bertz CT molecular complexity index is 664. The Balaban J connectivity index is 1.52. The molecule has 0 aliphatic heterocycles. The molecule has 2 aliphatic carbocycles. The molecule has 2 fully saturated rings. The van der Waals surface area contributed by atoms with Gasteiger partial charge in [-0.25, -0.2) is 4.98 Å². The molecule has 1 aromatic carbocycles. The van der Waals surface area contributed by atoms with Crippen molar-refractivity contribution in [2.24, 2.45) is 18.9 Å². The number of fused-ring (bicyclic) bond motifs is 1. The van der Waals surface area contributed by atoms with Gasteiger partial charge in [0.25, 0.3) is 0 Å². The van der Waals surface area contributed by atoms with Crippen molar-refractivity contribution in [1.82, 2.24) is 14.9 Å². The van der Waals surface area contributed by atoms with Crippen LogP contribution in [-0.2, 0) is 13.6 Å². The Morgan fingerprint density at radius 2 is 1.91 bits per heavy atom. The molecule has 0 amide bonds. The van der Waals surface area contributed by atoms with Gasteiger partial charge in [0.15, 0.2) is 0 Å². The number of halogens is 1. The molecule has 23 heavy (non-hydrogen) atoms. The number of hydrogen-bond donors (Lipinski definition) is 1. The molecular formula is C19H24ClN3. The fraction of sp³-hybridized carbons (Fsp3) is 0.526. The van der Waals surface area contributed by atoms with Crippen molar-refractivity contribution in [3.8, 4) is 0 Å². The molecule has 4 rings (SSSR count). The smallest absolute Gasteiger partial charge is 0.0945 e. The van der Waals surface area contributed by atoms with Crippen molar-refractivity contribution in [1.29, 1.82) is 0 Å². The van der Waals surface area contributed by atoms with Crippen molar-refractivity contribution >= 4 is 11.6 Å². The van der Waals surface area contributed by atoms with Gasteiger partial charge in [0.1, 0.15) is 0 Å². The molecule has 2 aliphatic rings. The zero-order valence-corrected chi connectivity index (χ0v) is 14.3. The van der Waals surface area contributed by atoms with Crippen LogP contribution in [0, 0.1) is 11.8 Å². The molecular weight excluding hydrogens is 306 g/mol. The maximum absolute atomic E-state index is 6.07. The highest BCUT2D eigenvalue weighted by Crippen LogP contribution is 2.54. The molecule has 4 heteroatoms. The molecule has 0 spiro atoms. The molecule has 4 atom stereocenters. The van der Waals surface area contributed by atoms with E-state index in [0.717, 1.165) is 23.4 Å². The summed E-state index contributed by atoms with van der Waals surface area (Å²) in [6.07, 6.45) is 9.36. The first-order chi connectivity index (χ1) is 11.2. The van der Waals surface area contributed by atoms with Gasteiger partial charge in [0, 0.05) is 36.8 Å². The predicted molar refractivity (Wildman–Crippen MR) is 93.5 cm³/mol. The monoisotopic (exact) mass is 329 g/mol. The molecule has 0 unspecified atom stereocenters. The van der Waals surface area contributed by atoms with E-state index in [9.17, 15) is 0 Å². The lowest BCUT2D eigenvalue weighted by Crippen LogP contribution is -2.57. The molecule has 0 saturated heterocycles. The Hall–Kier alpha value is -1.32. The number of hydrogen-bond acceptors (Lipinski definition) is 2. The van der Waals surface area contributed by atoms with Crippen molar-refractivity contribution < 1.29 is 0 Å². The molecule has 1 heterocycles. The van der Waals surface area contributed by atoms with Gasteiger partial charge in [-0.15, -0.1) is 0 Å². The topological polar surface area (TPSA) is 29.9 Å². The van der Waals surface area contributed by atoms with Crippen molar-refractivity contribution in [2.75, 3.05) is 0 Å². The fourth-order valence-corrected chi connectivity index (χ4v) is 4.79. The number of aromatic nitrogens is 2. The first-order valence-corrected chi connectivity index (χ1v) is 9.06. The third kappa shape index (κ3) is 2.81. The Morgan fingerprint density at radius 3 is 2.61 bits per heavy atom. The third-order valence-electron chi connectivity index (χ3n) is 5.87. The van der Waals surface area contributed by atoms with Gasteiger partial charge in [-0.1, -0.05) is 36.6 Å². The van der Waals surface area contributed by atoms with Crippen molar-refractivity contribution in [3.63, 3.8) is 0 Å². The van der Waals surface area contributed by atoms with Crippen LogP contribution in [0.25, 0.3) is 0 Å². The van der Waals surface area contributed by atoms with Gasteiger partial charge in [-0.05, 0) is 42.4 Å². The molecule has 0 radical (unpaired) electrons. The van der Waals surface area contributed by atoms with Crippen LogP contribution in [-0.4, -0.2) is 15.6 Å². The number of rotatable bonds is 4. The number of nitrogens with zero attached hydrogens (tertiary/aromatic N) is 2. The van der Waals surface area contributed by atoms with E-state index in [0.29, 0.717) is 12.0 Å². The number of aryl methyl sites for hydroxylation is 1. The van der Waals surface area contributed by atoms with E-state index in [1.807, 2.05) is 24.7 Å². The second kappa shape index (κ2) is 6.29. The summed E-state index contributed by atoms with van der Waals surface area (Å²) >= 11 is 6.07. The molecule has 3 nitrogen and oxygen atoms in total. The Labute approximate surface area is 143 Å². The molecule has 2 saturated carbocycles. The SMILES string of the molecule is Cn1cncc1CN[C@H]1[C@H]2CCCC[C@H]2[C@@H]1c1ccc(Cl)cc1. The van der Waals surface area contributed by atoms with Gasteiger partial charge < -0.3 is 9.88 Å². The average molecular weight is 330 g/mol. The summed E-state index contributed by atoms with van der Waals surface area (Å²) < 4.78 is 2.10. The van der Waals surface area contributed by atoms with Crippen LogP contribution in [0.2, 0.25) is 5.02 Å². The lowest BCUT2D eigenvalue weighted by atomic mass is 9.53. The van der Waals surface area contributed by atoms with Crippen LogP contribution in [0.1, 0.15) is 42.9 Å². The molecule has 1 N–H and O–H groups in total. The Kier molecular flexibility index (Phi) is 4.16. The average Bonchev–Trinajstić information content (AvgIpc) is 2.96. The summed E-state index contributed by atoms with van der Waals surface area (Å²) in [7, 11) is 2.06. The fourth-order valence-electron chi connectivity index (χ4n) is 4.66. The van der Waals surface area contributed by atoms with Gasteiger partial charge in [-0.2, -0.15) is 0 Å². The predicted octanol–water partition coefficient (Wildman–Crippen LogP) is 4.14. The van der Waals surface area contributed by atoms with Crippen LogP contribution >= 0.6 is 11.6 Å². The van der Waals surface area contributed by atoms with Gasteiger partial charge in [0.2, 0.25) is 0 Å². The minimum atomic E-state index is 0.580. The Morgan fingerprint density at radius 1 is 1.17 bits per heavy atom. The van der Waals surface area contributed by atoms with Crippen LogP contribution < -0.4 is 5.32 Å². The standard InChI is InChI=1S/C19H24ClN3/c1-23-12-21-10-15(23)11-22-19-17-5-3-2-4-16(17)18(19)13-6-8-14(20)9-7-13/h6-10,12,16-19,22H,2-5,11H2,1H3/t16-,17+,18+,19+/m1/s1. The van der Waals surface area contributed by atoms with E-state index in [1.165, 1.54) is 36.9 Å². The molecule has 1 aromatic heterocycles. The highest BCUT2D eigenvalue weighted by molar-refractivity contribution is 6.30. The zero-order valence-electron chi connectivity index (χ0n) is 13.6. The van der Waals surface area contributed by atoms with Crippen LogP contribution in [0.3, 0.4) is 0 Å². The summed E-state index contributed by atoms with van der Waals surface area (Å²) in [6.45, 7) is 0.897. The van der Waals surface area contributed by atoms with Gasteiger partial charge in [0.05, 0.1) is 12.0 Å².